The number of aryl methyl sites for hydroxylation is 1. The molecule has 2 aliphatic rings. The Morgan fingerprint density at radius 3 is 2.57 bits per heavy atom. The van der Waals surface area contributed by atoms with Gasteiger partial charge in [0.15, 0.2) is 0 Å². The van der Waals surface area contributed by atoms with E-state index in [-0.39, 0.29) is 29.8 Å². The molecule has 3 atom stereocenters. The number of carboxylic acid groups (broad SMARTS) is 1. The van der Waals surface area contributed by atoms with Crippen LogP contribution in [0, 0.1) is 12.3 Å². The maximum Gasteiger partial charge on any atom is 0.326 e. The first-order valence-electron chi connectivity index (χ1n) is 9.94. The first-order valence-corrected chi connectivity index (χ1v) is 9.94. The van der Waals surface area contributed by atoms with Gasteiger partial charge in [-0.2, -0.15) is 0 Å². The molecule has 2 N–H and O–H groups in total. The molecule has 0 spiro atoms. The highest BCUT2D eigenvalue weighted by molar-refractivity contribution is 5.97. The Kier molecular flexibility index (Phi) is 4.97. The van der Waals surface area contributed by atoms with Gasteiger partial charge in [0, 0.05) is 11.6 Å². The lowest BCUT2D eigenvalue weighted by atomic mass is 10.0. The molecule has 0 radical (unpaired) electrons. The van der Waals surface area contributed by atoms with Crippen LogP contribution in [0.4, 0.5) is 0 Å². The van der Waals surface area contributed by atoms with Gasteiger partial charge in [-0.1, -0.05) is 25.1 Å². The molecule has 1 aliphatic heterocycles. The smallest absolute Gasteiger partial charge is 0.326 e. The summed E-state index contributed by atoms with van der Waals surface area (Å²) in [5.41, 5.74) is 1.10. The normalized spacial score (nSPS) is 24.1. The van der Waals surface area contributed by atoms with E-state index in [1.807, 2.05) is 44.2 Å². The topological polar surface area (TPSA) is 95.9 Å². The second-order valence-electron chi connectivity index (χ2n) is 8.31. The van der Waals surface area contributed by atoms with Crippen molar-refractivity contribution < 1.29 is 24.2 Å². The molecule has 4 rings (SSSR count). The molecule has 0 bridgehead atoms. The SMILES string of the molecule is Cc1cc(C(=O)NCC(=O)N2[C@H]3C[C@@]3(C)C[C@H]2C(=O)O)ccc1Oc1ccccc1. The number of carbonyl (C=O) groups excluding carboxylic acids is 2. The molecule has 2 amide bonds. The summed E-state index contributed by atoms with van der Waals surface area (Å²) in [5, 5.41) is 12.0. The van der Waals surface area contributed by atoms with Crippen molar-refractivity contribution in [3.05, 3.63) is 59.7 Å². The molecule has 30 heavy (non-hydrogen) atoms. The summed E-state index contributed by atoms with van der Waals surface area (Å²) in [6.07, 6.45) is 1.29. The monoisotopic (exact) mass is 408 g/mol. The number of nitrogens with one attached hydrogen (secondary N) is 1. The fourth-order valence-electron chi connectivity index (χ4n) is 4.22. The van der Waals surface area contributed by atoms with E-state index in [9.17, 15) is 19.5 Å². The van der Waals surface area contributed by atoms with Gasteiger partial charge in [0.05, 0.1) is 6.54 Å². The van der Waals surface area contributed by atoms with Gasteiger partial charge in [0.1, 0.15) is 17.5 Å². The van der Waals surface area contributed by atoms with Gasteiger partial charge < -0.3 is 20.1 Å². The number of hydrogen-bond donors (Lipinski definition) is 2. The average molecular weight is 408 g/mol. The van der Waals surface area contributed by atoms with Crippen molar-refractivity contribution in [2.24, 2.45) is 5.41 Å². The average Bonchev–Trinajstić information content (AvgIpc) is 3.28. The highest BCUT2D eigenvalue weighted by Crippen LogP contribution is 2.59. The van der Waals surface area contributed by atoms with Crippen molar-refractivity contribution >= 4 is 17.8 Å². The van der Waals surface area contributed by atoms with Crippen LogP contribution in [0.2, 0.25) is 0 Å². The van der Waals surface area contributed by atoms with Crippen LogP contribution in [0.5, 0.6) is 11.5 Å². The van der Waals surface area contributed by atoms with E-state index in [0.29, 0.717) is 23.5 Å². The molecule has 7 heteroatoms. The minimum absolute atomic E-state index is 0.0420. The van der Waals surface area contributed by atoms with Crippen LogP contribution in [-0.4, -0.2) is 46.4 Å². The Morgan fingerprint density at radius 1 is 1.17 bits per heavy atom. The van der Waals surface area contributed by atoms with Crippen molar-refractivity contribution in [1.82, 2.24) is 10.2 Å². The van der Waals surface area contributed by atoms with Crippen molar-refractivity contribution in [3.8, 4) is 11.5 Å². The molecule has 1 heterocycles. The molecule has 0 unspecified atom stereocenters. The predicted octanol–water partition coefficient (Wildman–Crippen LogP) is 2.98. The Bertz CT molecular complexity index is 1010. The van der Waals surface area contributed by atoms with Crippen LogP contribution in [0.25, 0.3) is 0 Å². The van der Waals surface area contributed by atoms with Crippen molar-refractivity contribution in [3.63, 3.8) is 0 Å². The lowest BCUT2D eigenvalue weighted by molar-refractivity contribution is -0.149. The van der Waals surface area contributed by atoms with Crippen LogP contribution in [0.1, 0.15) is 35.7 Å². The van der Waals surface area contributed by atoms with Gasteiger partial charge >= 0.3 is 5.97 Å². The summed E-state index contributed by atoms with van der Waals surface area (Å²) < 4.78 is 5.82. The summed E-state index contributed by atoms with van der Waals surface area (Å²) in [6.45, 7) is 3.62. The van der Waals surface area contributed by atoms with Gasteiger partial charge in [-0.3, -0.25) is 9.59 Å². The summed E-state index contributed by atoms with van der Waals surface area (Å²) in [4.78, 5) is 38.1. The van der Waals surface area contributed by atoms with E-state index in [2.05, 4.69) is 5.32 Å². The number of carboxylic acids is 1. The standard InChI is InChI=1S/C23H24N2O5/c1-14-10-15(8-9-18(14)30-16-6-4-3-5-7-16)21(27)24-13-20(26)25-17(22(28)29)11-23(2)12-19(23)25/h3-10,17,19H,11-13H2,1-2H3,(H,24,27)(H,28,29)/t17-,19-,23+/m0/s1. The third-order valence-electron chi connectivity index (χ3n) is 6.02. The second-order valence-corrected chi connectivity index (χ2v) is 8.31. The van der Waals surface area contributed by atoms with Gasteiger partial charge in [-0.05, 0) is 61.1 Å². The van der Waals surface area contributed by atoms with Crippen LogP contribution in [-0.2, 0) is 9.59 Å². The number of amides is 2. The van der Waals surface area contributed by atoms with E-state index in [1.165, 1.54) is 4.90 Å². The number of rotatable bonds is 6. The molecule has 2 fully saturated rings. The number of fused-ring (bicyclic) bond motifs is 1. The molecule has 0 aromatic heterocycles. The van der Waals surface area contributed by atoms with Crippen LogP contribution in [0.15, 0.2) is 48.5 Å². The Morgan fingerprint density at radius 2 is 1.90 bits per heavy atom. The first kappa shape index (κ1) is 19.9. The highest BCUT2D eigenvalue weighted by atomic mass is 16.5. The largest absolute Gasteiger partial charge is 0.480 e. The van der Waals surface area contributed by atoms with Gasteiger partial charge in [0.25, 0.3) is 5.91 Å². The molecule has 2 aromatic carbocycles. The number of piperidine rings is 1. The van der Waals surface area contributed by atoms with Crippen molar-refractivity contribution in [2.45, 2.75) is 38.8 Å². The van der Waals surface area contributed by atoms with E-state index in [4.69, 9.17) is 4.74 Å². The number of ether oxygens (including phenoxy) is 1. The van der Waals surface area contributed by atoms with Crippen LogP contribution in [0.3, 0.4) is 0 Å². The Labute approximate surface area is 174 Å². The van der Waals surface area contributed by atoms with Gasteiger partial charge in [0.2, 0.25) is 5.91 Å². The molecule has 2 aromatic rings. The van der Waals surface area contributed by atoms with E-state index >= 15 is 0 Å². The molecular formula is C23H24N2O5. The van der Waals surface area contributed by atoms with E-state index < -0.39 is 12.0 Å². The number of para-hydroxylation sites is 1. The van der Waals surface area contributed by atoms with Crippen LogP contribution >= 0.6 is 0 Å². The first-order chi connectivity index (χ1) is 14.3. The minimum Gasteiger partial charge on any atom is -0.480 e. The lowest BCUT2D eigenvalue weighted by Gasteiger charge is -2.24. The van der Waals surface area contributed by atoms with Crippen molar-refractivity contribution in [1.29, 1.82) is 0 Å². The zero-order valence-corrected chi connectivity index (χ0v) is 16.9. The molecule has 1 aliphatic carbocycles. The number of nitrogens with zero attached hydrogens (tertiary/aromatic N) is 1. The van der Waals surface area contributed by atoms with Gasteiger partial charge in [-0.15, -0.1) is 0 Å². The molecule has 7 nitrogen and oxygen atoms in total. The Balaban J connectivity index is 1.38. The van der Waals surface area contributed by atoms with Gasteiger partial charge in [-0.25, -0.2) is 4.79 Å². The summed E-state index contributed by atoms with van der Waals surface area (Å²) in [5.74, 6) is -0.393. The number of hydrogen-bond acceptors (Lipinski definition) is 4. The Hall–Kier alpha value is -3.35. The van der Waals surface area contributed by atoms with Crippen molar-refractivity contribution in [2.75, 3.05) is 6.54 Å². The molecule has 1 saturated carbocycles. The number of aliphatic carboxylic acids is 1. The molecule has 156 valence electrons. The molecular weight excluding hydrogens is 384 g/mol. The van der Waals surface area contributed by atoms with E-state index in [0.717, 1.165) is 12.0 Å². The maximum atomic E-state index is 12.6. The zero-order chi connectivity index (χ0) is 21.5. The summed E-state index contributed by atoms with van der Waals surface area (Å²) in [7, 11) is 0. The molecule has 1 saturated heterocycles. The van der Waals surface area contributed by atoms with Crippen LogP contribution < -0.4 is 10.1 Å². The number of likely N-dealkylation sites (tertiary alicyclic amines) is 1. The maximum absolute atomic E-state index is 12.6. The number of benzene rings is 2. The number of carbonyl (C=O) groups is 3. The lowest BCUT2D eigenvalue weighted by Crippen LogP contribution is -2.47. The fourth-order valence-corrected chi connectivity index (χ4v) is 4.22. The fraction of sp³-hybridized carbons (Fsp3) is 0.348. The third-order valence-corrected chi connectivity index (χ3v) is 6.02. The quantitative estimate of drug-likeness (QED) is 0.766. The zero-order valence-electron chi connectivity index (χ0n) is 16.9. The highest BCUT2D eigenvalue weighted by Gasteiger charge is 2.64. The third kappa shape index (κ3) is 3.75. The van der Waals surface area contributed by atoms with E-state index in [1.54, 1.807) is 18.2 Å². The minimum atomic E-state index is -0.993. The second kappa shape index (κ2) is 7.48. The summed E-state index contributed by atoms with van der Waals surface area (Å²) >= 11 is 0. The summed E-state index contributed by atoms with van der Waals surface area (Å²) in [6, 6.07) is 13.6. The predicted molar refractivity (Wildman–Crippen MR) is 109 cm³/mol.